The minimum atomic E-state index is -0.173. The van der Waals surface area contributed by atoms with E-state index in [0.717, 1.165) is 23.5 Å². The van der Waals surface area contributed by atoms with Gasteiger partial charge in [0.2, 0.25) is 0 Å². The molecule has 0 radical (unpaired) electrons. The summed E-state index contributed by atoms with van der Waals surface area (Å²) in [5.41, 5.74) is 0.426. The molecule has 4 nitrogen and oxygen atoms in total. The Hall–Kier alpha value is -1.23. The summed E-state index contributed by atoms with van der Waals surface area (Å²) in [5.74, 6) is 0.607. The second-order valence-electron chi connectivity index (χ2n) is 3.62. The average molecular weight is 238 g/mol. The third-order valence-corrected chi connectivity index (χ3v) is 3.09. The standard InChI is InChI=1S/C11H14N2O2S/c1-12-11(14)8-5-10(16-2)9(6-13-8)15-7-3-4-7/h5-7H,3-4H2,1-2H3,(H,12,14). The summed E-state index contributed by atoms with van der Waals surface area (Å²) in [6.07, 6.45) is 6.17. The number of hydrogen-bond acceptors (Lipinski definition) is 4. The quantitative estimate of drug-likeness (QED) is 0.811. The highest BCUT2D eigenvalue weighted by Gasteiger charge is 2.25. The van der Waals surface area contributed by atoms with Gasteiger partial charge < -0.3 is 10.1 Å². The monoisotopic (exact) mass is 238 g/mol. The number of hydrogen-bond donors (Lipinski definition) is 1. The lowest BCUT2D eigenvalue weighted by atomic mass is 10.3. The number of carbonyl (C=O) groups excluding carboxylic acids is 1. The zero-order valence-electron chi connectivity index (χ0n) is 9.32. The SMILES string of the molecule is CNC(=O)c1cc(SC)c(OC2CC2)cn1. The summed E-state index contributed by atoms with van der Waals surface area (Å²) in [6, 6.07) is 1.77. The Balaban J connectivity index is 2.22. The highest BCUT2D eigenvalue weighted by molar-refractivity contribution is 7.98. The van der Waals surface area contributed by atoms with Crippen molar-refractivity contribution >= 4 is 17.7 Å². The van der Waals surface area contributed by atoms with Crippen molar-refractivity contribution in [3.05, 3.63) is 18.0 Å². The first-order chi connectivity index (χ1) is 7.74. The number of rotatable bonds is 4. The molecule has 5 heteroatoms. The van der Waals surface area contributed by atoms with E-state index in [4.69, 9.17) is 4.74 Å². The second kappa shape index (κ2) is 4.74. The molecule has 0 saturated heterocycles. The number of aromatic nitrogens is 1. The van der Waals surface area contributed by atoms with Crippen molar-refractivity contribution < 1.29 is 9.53 Å². The number of carbonyl (C=O) groups is 1. The largest absolute Gasteiger partial charge is 0.488 e. The van der Waals surface area contributed by atoms with Gasteiger partial charge in [-0.3, -0.25) is 4.79 Å². The summed E-state index contributed by atoms with van der Waals surface area (Å²) in [7, 11) is 1.59. The minimum absolute atomic E-state index is 0.173. The molecule has 0 bridgehead atoms. The number of amides is 1. The molecule has 2 rings (SSSR count). The van der Waals surface area contributed by atoms with Crippen LogP contribution < -0.4 is 10.1 Å². The average Bonchev–Trinajstić information content (AvgIpc) is 3.12. The maximum Gasteiger partial charge on any atom is 0.269 e. The van der Waals surface area contributed by atoms with Crippen molar-refractivity contribution in [1.82, 2.24) is 10.3 Å². The van der Waals surface area contributed by atoms with Gasteiger partial charge in [-0.25, -0.2) is 4.98 Å². The first-order valence-corrected chi connectivity index (χ1v) is 6.40. The van der Waals surface area contributed by atoms with Crippen molar-refractivity contribution in [2.75, 3.05) is 13.3 Å². The Kier molecular flexibility index (Phi) is 3.33. The summed E-state index contributed by atoms with van der Waals surface area (Å²) in [5, 5.41) is 2.55. The molecule has 1 aromatic heterocycles. The van der Waals surface area contributed by atoms with Crippen LogP contribution in [-0.4, -0.2) is 30.3 Å². The van der Waals surface area contributed by atoms with E-state index < -0.39 is 0 Å². The highest BCUT2D eigenvalue weighted by atomic mass is 32.2. The third-order valence-electron chi connectivity index (χ3n) is 2.33. The molecule has 0 aromatic carbocycles. The van der Waals surface area contributed by atoms with Crippen LogP contribution in [0.15, 0.2) is 17.2 Å². The van der Waals surface area contributed by atoms with Crippen molar-refractivity contribution in [3.8, 4) is 5.75 Å². The lowest BCUT2D eigenvalue weighted by molar-refractivity contribution is 0.0958. The van der Waals surface area contributed by atoms with Gasteiger partial charge in [-0.05, 0) is 25.2 Å². The molecule has 0 unspecified atom stereocenters. The van der Waals surface area contributed by atoms with Crippen molar-refractivity contribution in [2.24, 2.45) is 0 Å². The molecular weight excluding hydrogens is 224 g/mol. The fourth-order valence-electron chi connectivity index (χ4n) is 1.29. The van der Waals surface area contributed by atoms with Crippen LogP contribution in [0.2, 0.25) is 0 Å². The Labute approximate surface area is 98.8 Å². The Bertz CT molecular complexity index is 405. The van der Waals surface area contributed by atoms with Gasteiger partial charge in [-0.1, -0.05) is 0 Å². The summed E-state index contributed by atoms with van der Waals surface area (Å²) in [6.45, 7) is 0. The van der Waals surface area contributed by atoms with Crippen LogP contribution in [0.3, 0.4) is 0 Å². The number of nitrogens with zero attached hydrogens (tertiary/aromatic N) is 1. The first-order valence-electron chi connectivity index (χ1n) is 5.17. The Morgan fingerprint density at radius 1 is 1.62 bits per heavy atom. The fourth-order valence-corrected chi connectivity index (χ4v) is 1.82. The molecule has 86 valence electrons. The smallest absolute Gasteiger partial charge is 0.269 e. The fraction of sp³-hybridized carbons (Fsp3) is 0.455. The van der Waals surface area contributed by atoms with E-state index in [1.165, 1.54) is 0 Å². The first kappa shape index (κ1) is 11.3. The number of thioether (sulfide) groups is 1. The molecule has 1 heterocycles. The van der Waals surface area contributed by atoms with Crippen LogP contribution in [0.4, 0.5) is 0 Å². The maximum atomic E-state index is 11.4. The van der Waals surface area contributed by atoms with Crippen LogP contribution in [0.25, 0.3) is 0 Å². The van der Waals surface area contributed by atoms with Crippen LogP contribution >= 0.6 is 11.8 Å². The van der Waals surface area contributed by atoms with Crippen LogP contribution in [0, 0.1) is 0 Å². The van der Waals surface area contributed by atoms with Crippen molar-refractivity contribution in [3.63, 3.8) is 0 Å². The van der Waals surface area contributed by atoms with E-state index in [9.17, 15) is 4.79 Å². The van der Waals surface area contributed by atoms with Gasteiger partial charge in [0.1, 0.15) is 5.69 Å². The summed E-state index contributed by atoms with van der Waals surface area (Å²) < 4.78 is 5.70. The lowest BCUT2D eigenvalue weighted by Crippen LogP contribution is -2.19. The van der Waals surface area contributed by atoms with E-state index in [0.29, 0.717) is 11.8 Å². The van der Waals surface area contributed by atoms with Gasteiger partial charge in [-0.15, -0.1) is 11.8 Å². The van der Waals surface area contributed by atoms with Gasteiger partial charge >= 0.3 is 0 Å². The highest BCUT2D eigenvalue weighted by Crippen LogP contribution is 2.33. The molecule has 1 saturated carbocycles. The molecule has 1 aliphatic rings. The second-order valence-corrected chi connectivity index (χ2v) is 4.46. The summed E-state index contributed by atoms with van der Waals surface area (Å²) >= 11 is 1.56. The third kappa shape index (κ3) is 2.47. The van der Waals surface area contributed by atoms with Gasteiger partial charge in [0, 0.05) is 7.05 Å². The molecule has 1 N–H and O–H groups in total. The predicted octanol–water partition coefficient (Wildman–Crippen LogP) is 1.70. The molecule has 16 heavy (non-hydrogen) atoms. The van der Waals surface area contributed by atoms with Crippen LogP contribution in [0.1, 0.15) is 23.3 Å². The van der Waals surface area contributed by atoms with Gasteiger partial charge in [-0.2, -0.15) is 0 Å². The molecule has 0 spiro atoms. The van der Waals surface area contributed by atoms with E-state index in [1.807, 2.05) is 6.26 Å². The van der Waals surface area contributed by atoms with Gasteiger partial charge in [0.25, 0.3) is 5.91 Å². The van der Waals surface area contributed by atoms with E-state index >= 15 is 0 Å². The zero-order valence-corrected chi connectivity index (χ0v) is 10.1. The molecule has 1 aromatic rings. The maximum absolute atomic E-state index is 11.4. The molecular formula is C11H14N2O2S. The Morgan fingerprint density at radius 3 is 2.94 bits per heavy atom. The van der Waals surface area contributed by atoms with Crippen molar-refractivity contribution in [2.45, 2.75) is 23.8 Å². The van der Waals surface area contributed by atoms with Gasteiger partial charge in [0.15, 0.2) is 5.75 Å². The van der Waals surface area contributed by atoms with E-state index in [1.54, 1.807) is 31.1 Å². The van der Waals surface area contributed by atoms with E-state index in [-0.39, 0.29) is 5.91 Å². The summed E-state index contributed by atoms with van der Waals surface area (Å²) in [4.78, 5) is 16.5. The molecule has 1 amide bonds. The van der Waals surface area contributed by atoms with Crippen molar-refractivity contribution in [1.29, 1.82) is 0 Å². The van der Waals surface area contributed by atoms with E-state index in [2.05, 4.69) is 10.3 Å². The van der Waals surface area contributed by atoms with Crippen LogP contribution in [-0.2, 0) is 0 Å². The topological polar surface area (TPSA) is 51.2 Å². The number of pyridine rings is 1. The Morgan fingerprint density at radius 2 is 2.38 bits per heavy atom. The van der Waals surface area contributed by atoms with Gasteiger partial charge in [0.05, 0.1) is 17.2 Å². The minimum Gasteiger partial charge on any atom is -0.488 e. The number of nitrogens with one attached hydrogen (secondary N) is 1. The normalized spacial score (nSPS) is 14.6. The molecule has 0 aliphatic heterocycles. The molecule has 0 atom stereocenters. The lowest BCUT2D eigenvalue weighted by Gasteiger charge is -2.09. The molecule has 1 fully saturated rings. The zero-order chi connectivity index (χ0) is 11.5. The van der Waals surface area contributed by atoms with Crippen LogP contribution in [0.5, 0.6) is 5.75 Å². The number of ether oxygens (including phenoxy) is 1. The predicted molar refractivity (Wildman–Crippen MR) is 63.1 cm³/mol. The molecule has 1 aliphatic carbocycles.